The fraction of sp³-hybridized carbons (Fsp3) is 0.400. The number of rotatable bonds is 2. The van der Waals surface area contributed by atoms with Crippen molar-refractivity contribution in [3.05, 3.63) is 53.4 Å². The van der Waals surface area contributed by atoms with E-state index in [0.29, 0.717) is 11.5 Å². The summed E-state index contributed by atoms with van der Waals surface area (Å²) < 4.78 is 0. The van der Waals surface area contributed by atoms with Crippen LogP contribution in [0.5, 0.6) is 0 Å². The van der Waals surface area contributed by atoms with E-state index in [2.05, 4.69) is 21.0 Å². The predicted octanol–water partition coefficient (Wildman–Crippen LogP) is 2.33. The summed E-state index contributed by atoms with van der Waals surface area (Å²) in [6.45, 7) is 1.84. The van der Waals surface area contributed by atoms with E-state index in [1.807, 2.05) is 13.0 Å². The van der Waals surface area contributed by atoms with Crippen molar-refractivity contribution >= 4 is 0 Å². The van der Waals surface area contributed by atoms with Crippen molar-refractivity contribution in [1.29, 1.82) is 0 Å². The smallest absolute Gasteiger partial charge is 0.125 e. The van der Waals surface area contributed by atoms with Gasteiger partial charge >= 0.3 is 0 Å². The van der Waals surface area contributed by atoms with Crippen molar-refractivity contribution in [2.24, 2.45) is 0 Å². The summed E-state index contributed by atoms with van der Waals surface area (Å²) in [4.78, 5) is 12.9. The third-order valence-corrected chi connectivity index (χ3v) is 3.72. The van der Waals surface area contributed by atoms with Crippen LogP contribution in [0.15, 0.2) is 30.6 Å². The molecule has 0 radical (unpaired) electrons. The number of aromatic nitrogens is 3. The monoisotopic (exact) mass is 255 g/mol. The molecule has 1 aliphatic carbocycles. The van der Waals surface area contributed by atoms with E-state index in [0.717, 1.165) is 25.0 Å². The summed E-state index contributed by atoms with van der Waals surface area (Å²) in [5.74, 6) is 0.729. The van der Waals surface area contributed by atoms with Gasteiger partial charge in [-0.25, -0.2) is 9.97 Å². The molecule has 1 aliphatic rings. The lowest BCUT2D eigenvalue weighted by Gasteiger charge is -2.28. The van der Waals surface area contributed by atoms with E-state index in [-0.39, 0.29) is 5.92 Å². The molecule has 98 valence electrons. The lowest BCUT2D eigenvalue weighted by molar-refractivity contribution is 0.129. The largest absolute Gasteiger partial charge is 0.386 e. The summed E-state index contributed by atoms with van der Waals surface area (Å²) in [7, 11) is 0. The molecule has 0 saturated carbocycles. The highest BCUT2D eigenvalue weighted by atomic mass is 16.3. The van der Waals surface area contributed by atoms with Gasteiger partial charge in [0.1, 0.15) is 11.9 Å². The molecule has 0 aliphatic heterocycles. The molecule has 0 fully saturated rings. The van der Waals surface area contributed by atoms with E-state index in [1.54, 1.807) is 18.5 Å². The van der Waals surface area contributed by atoms with E-state index >= 15 is 0 Å². The maximum absolute atomic E-state index is 10.6. The number of aliphatic hydroxyl groups excluding tert-OH is 1. The second kappa shape index (κ2) is 5.05. The maximum Gasteiger partial charge on any atom is 0.125 e. The Labute approximate surface area is 112 Å². The zero-order valence-electron chi connectivity index (χ0n) is 11.0. The third-order valence-electron chi connectivity index (χ3n) is 3.72. The molecule has 0 amide bonds. The first-order valence-electron chi connectivity index (χ1n) is 6.67. The molecule has 0 bridgehead atoms. The van der Waals surface area contributed by atoms with Crippen LogP contribution < -0.4 is 0 Å². The quantitative estimate of drug-likeness (QED) is 0.894. The Morgan fingerprint density at radius 3 is 3.00 bits per heavy atom. The topological polar surface area (TPSA) is 58.9 Å². The first-order chi connectivity index (χ1) is 9.25. The van der Waals surface area contributed by atoms with E-state index in [9.17, 15) is 5.11 Å². The van der Waals surface area contributed by atoms with Gasteiger partial charge in [-0.2, -0.15) is 0 Å². The van der Waals surface area contributed by atoms with Crippen LogP contribution in [0.4, 0.5) is 0 Å². The standard InChI is InChI=1S/C15H17N3O/c1-10-16-9-7-13(18-10)15(19)12-6-2-4-11-5-3-8-17-14(11)12/h3,5,7-9,12,15,19H,2,4,6H2,1H3. The lowest BCUT2D eigenvalue weighted by Crippen LogP contribution is -2.19. The average Bonchev–Trinajstić information content (AvgIpc) is 2.46. The molecule has 0 saturated heterocycles. The highest BCUT2D eigenvalue weighted by Gasteiger charge is 2.29. The Hall–Kier alpha value is -1.81. The number of hydrogen-bond acceptors (Lipinski definition) is 4. The van der Waals surface area contributed by atoms with Crippen LogP contribution in [0.3, 0.4) is 0 Å². The van der Waals surface area contributed by atoms with Crippen LogP contribution in [-0.2, 0) is 6.42 Å². The van der Waals surface area contributed by atoms with Crippen LogP contribution in [0.2, 0.25) is 0 Å². The van der Waals surface area contributed by atoms with Crippen LogP contribution in [0.25, 0.3) is 0 Å². The summed E-state index contributed by atoms with van der Waals surface area (Å²) in [6, 6.07) is 5.85. The van der Waals surface area contributed by atoms with Gasteiger partial charge in [0.05, 0.1) is 5.69 Å². The van der Waals surface area contributed by atoms with Gasteiger partial charge in [-0.15, -0.1) is 0 Å². The third kappa shape index (κ3) is 2.36. The van der Waals surface area contributed by atoms with E-state index in [4.69, 9.17) is 0 Å². The Morgan fingerprint density at radius 2 is 2.16 bits per heavy atom. The molecule has 4 heteroatoms. The average molecular weight is 255 g/mol. The van der Waals surface area contributed by atoms with Crippen molar-refractivity contribution < 1.29 is 5.11 Å². The van der Waals surface area contributed by atoms with Gasteiger partial charge in [0.2, 0.25) is 0 Å². The molecule has 3 rings (SSSR count). The number of pyridine rings is 1. The van der Waals surface area contributed by atoms with Gasteiger partial charge in [-0.1, -0.05) is 6.07 Å². The number of fused-ring (bicyclic) bond motifs is 1. The Morgan fingerprint density at radius 1 is 1.26 bits per heavy atom. The summed E-state index contributed by atoms with van der Waals surface area (Å²) in [6.07, 6.45) is 5.99. The molecule has 2 unspecified atom stereocenters. The van der Waals surface area contributed by atoms with E-state index < -0.39 is 6.10 Å². The molecule has 2 aromatic heterocycles. The van der Waals surface area contributed by atoms with Gasteiger partial charge in [-0.3, -0.25) is 4.98 Å². The molecule has 1 N–H and O–H groups in total. The predicted molar refractivity (Wildman–Crippen MR) is 71.6 cm³/mol. The Balaban J connectivity index is 1.95. The summed E-state index contributed by atoms with van der Waals surface area (Å²) in [5, 5.41) is 10.6. The van der Waals surface area contributed by atoms with Gasteiger partial charge in [0, 0.05) is 24.0 Å². The molecule has 2 heterocycles. The van der Waals surface area contributed by atoms with Crippen molar-refractivity contribution in [3.63, 3.8) is 0 Å². The minimum absolute atomic E-state index is 0.0410. The fourth-order valence-corrected chi connectivity index (χ4v) is 2.80. The molecule has 2 atom stereocenters. The second-order valence-corrected chi connectivity index (χ2v) is 5.02. The van der Waals surface area contributed by atoms with Crippen molar-refractivity contribution in [2.45, 2.75) is 38.2 Å². The first-order valence-corrected chi connectivity index (χ1v) is 6.67. The van der Waals surface area contributed by atoms with Crippen LogP contribution >= 0.6 is 0 Å². The molecule has 4 nitrogen and oxygen atoms in total. The molecular weight excluding hydrogens is 238 g/mol. The Bertz CT molecular complexity index is 585. The number of hydrogen-bond donors (Lipinski definition) is 1. The van der Waals surface area contributed by atoms with Crippen molar-refractivity contribution in [1.82, 2.24) is 15.0 Å². The summed E-state index contributed by atoms with van der Waals surface area (Å²) in [5.41, 5.74) is 2.97. The normalized spacial score (nSPS) is 19.8. The minimum atomic E-state index is -0.601. The maximum atomic E-state index is 10.6. The molecular formula is C15H17N3O. The van der Waals surface area contributed by atoms with Gasteiger partial charge < -0.3 is 5.11 Å². The number of aryl methyl sites for hydroxylation is 2. The Kier molecular flexibility index (Phi) is 3.25. The fourth-order valence-electron chi connectivity index (χ4n) is 2.80. The van der Waals surface area contributed by atoms with Crippen LogP contribution in [-0.4, -0.2) is 20.1 Å². The van der Waals surface area contributed by atoms with Crippen molar-refractivity contribution in [3.8, 4) is 0 Å². The van der Waals surface area contributed by atoms with Gasteiger partial charge in [0.15, 0.2) is 0 Å². The zero-order valence-corrected chi connectivity index (χ0v) is 11.0. The second-order valence-electron chi connectivity index (χ2n) is 5.02. The van der Waals surface area contributed by atoms with Gasteiger partial charge in [0.25, 0.3) is 0 Å². The number of aliphatic hydroxyl groups is 1. The highest BCUT2D eigenvalue weighted by Crippen LogP contribution is 2.38. The van der Waals surface area contributed by atoms with E-state index in [1.165, 1.54) is 5.56 Å². The molecule has 19 heavy (non-hydrogen) atoms. The minimum Gasteiger partial charge on any atom is -0.386 e. The molecule has 0 spiro atoms. The van der Waals surface area contributed by atoms with Crippen molar-refractivity contribution in [2.75, 3.05) is 0 Å². The SMILES string of the molecule is Cc1nccc(C(O)C2CCCc3cccnc32)n1. The van der Waals surface area contributed by atoms with Crippen LogP contribution in [0.1, 0.15) is 47.6 Å². The molecule has 0 aromatic carbocycles. The van der Waals surface area contributed by atoms with Gasteiger partial charge in [-0.05, 0) is 43.9 Å². The zero-order chi connectivity index (χ0) is 13.2. The van der Waals surface area contributed by atoms with Crippen LogP contribution in [0, 0.1) is 6.92 Å². The highest BCUT2D eigenvalue weighted by molar-refractivity contribution is 5.28. The molecule has 2 aromatic rings. The summed E-state index contributed by atoms with van der Waals surface area (Å²) >= 11 is 0. The first kappa shape index (κ1) is 12.2. The lowest BCUT2D eigenvalue weighted by atomic mass is 9.82. The number of nitrogens with zero attached hydrogens (tertiary/aromatic N) is 3.